The summed E-state index contributed by atoms with van der Waals surface area (Å²) < 4.78 is 5.35. The van der Waals surface area contributed by atoms with Crippen molar-refractivity contribution in [2.24, 2.45) is 0 Å². The molecule has 0 saturated carbocycles. The van der Waals surface area contributed by atoms with Crippen molar-refractivity contribution in [3.05, 3.63) is 0 Å². The molecule has 0 aromatic carbocycles. The summed E-state index contributed by atoms with van der Waals surface area (Å²) in [4.78, 5) is 12.7. The molecule has 14 heavy (non-hydrogen) atoms. The first-order valence-electron chi connectivity index (χ1n) is 4.84. The number of likely N-dealkylation sites (N-methyl/N-ethyl adjacent to an activating group) is 1. The lowest BCUT2D eigenvalue weighted by Gasteiger charge is -2.31. The molecule has 0 rings (SSSR count). The Kier molecular flexibility index (Phi) is 5.08. The van der Waals surface area contributed by atoms with Crippen LogP contribution < -0.4 is 0 Å². The summed E-state index contributed by atoms with van der Waals surface area (Å²) >= 11 is 0. The minimum atomic E-state index is -0.833. The van der Waals surface area contributed by atoms with Gasteiger partial charge in [0.1, 0.15) is 5.54 Å². The number of aliphatic carboxylic acids is 1. The molecule has 0 radical (unpaired) electrons. The zero-order chi connectivity index (χ0) is 11.4. The topological polar surface area (TPSA) is 49.8 Å². The average Bonchev–Trinajstić information content (AvgIpc) is 2.02. The van der Waals surface area contributed by atoms with Crippen LogP contribution in [0.4, 0.5) is 0 Å². The molecular weight excluding hydrogens is 182 g/mol. The van der Waals surface area contributed by atoms with Crippen LogP contribution in [0.1, 0.15) is 27.7 Å². The summed E-state index contributed by atoms with van der Waals surface area (Å²) in [5, 5.41) is 8.94. The lowest BCUT2D eigenvalue weighted by molar-refractivity contribution is -0.148. The Bertz CT molecular complexity index is 190. The normalized spacial score (nSPS) is 12.5. The van der Waals surface area contributed by atoms with Gasteiger partial charge in [-0.05, 0) is 34.7 Å². The third-order valence-electron chi connectivity index (χ3n) is 2.36. The fourth-order valence-corrected chi connectivity index (χ4v) is 0.868. The number of carboxylic acid groups (broad SMARTS) is 1. The fourth-order valence-electron chi connectivity index (χ4n) is 0.868. The summed E-state index contributed by atoms with van der Waals surface area (Å²) in [5.41, 5.74) is -0.833. The van der Waals surface area contributed by atoms with E-state index in [-0.39, 0.29) is 6.10 Å². The van der Waals surface area contributed by atoms with Gasteiger partial charge in [-0.2, -0.15) is 0 Å². The Morgan fingerprint density at radius 2 is 2.00 bits per heavy atom. The Balaban J connectivity index is 3.95. The molecule has 4 heteroatoms. The van der Waals surface area contributed by atoms with Crippen molar-refractivity contribution in [3.8, 4) is 0 Å². The molecule has 0 amide bonds. The first-order valence-corrected chi connectivity index (χ1v) is 4.84. The van der Waals surface area contributed by atoms with Crippen molar-refractivity contribution in [3.63, 3.8) is 0 Å². The van der Waals surface area contributed by atoms with Crippen LogP contribution in [0.5, 0.6) is 0 Å². The Morgan fingerprint density at radius 3 is 2.36 bits per heavy atom. The third-order valence-corrected chi connectivity index (χ3v) is 2.36. The number of ether oxygens (including phenoxy) is 1. The van der Waals surface area contributed by atoms with Gasteiger partial charge in [-0.1, -0.05) is 0 Å². The molecule has 0 aromatic heterocycles. The Hall–Kier alpha value is -0.610. The van der Waals surface area contributed by atoms with Crippen molar-refractivity contribution < 1.29 is 14.6 Å². The highest BCUT2D eigenvalue weighted by Gasteiger charge is 2.31. The number of rotatable bonds is 6. The van der Waals surface area contributed by atoms with Crippen molar-refractivity contribution >= 4 is 5.97 Å². The minimum absolute atomic E-state index is 0.191. The quantitative estimate of drug-likeness (QED) is 0.705. The highest BCUT2D eigenvalue weighted by molar-refractivity contribution is 5.77. The second kappa shape index (κ2) is 5.32. The van der Waals surface area contributed by atoms with E-state index in [0.717, 1.165) is 0 Å². The third kappa shape index (κ3) is 4.07. The summed E-state index contributed by atoms with van der Waals surface area (Å²) in [6.07, 6.45) is 0.191. The molecule has 1 N–H and O–H groups in total. The first-order chi connectivity index (χ1) is 6.28. The van der Waals surface area contributed by atoms with Gasteiger partial charge < -0.3 is 9.84 Å². The molecule has 0 aliphatic carbocycles. The number of carbonyl (C=O) groups is 1. The van der Waals surface area contributed by atoms with E-state index in [0.29, 0.717) is 13.2 Å². The second-order valence-corrected chi connectivity index (χ2v) is 4.21. The monoisotopic (exact) mass is 203 g/mol. The standard InChI is InChI=1S/C10H21NO3/c1-8(2)14-7-6-11(5)10(3,4)9(12)13/h8H,6-7H2,1-5H3,(H,12,13). The number of hydrogen-bond acceptors (Lipinski definition) is 3. The van der Waals surface area contributed by atoms with E-state index >= 15 is 0 Å². The van der Waals surface area contributed by atoms with Gasteiger partial charge in [0, 0.05) is 6.54 Å². The smallest absolute Gasteiger partial charge is 0.323 e. The van der Waals surface area contributed by atoms with E-state index < -0.39 is 11.5 Å². The van der Waals surface area contributed by atoms with Crippen LogP contribution in [0.15, 0.2) is 0 Å². The molecule has 0 unspecified atom stereocenters. The highest BCUT2D eigenvalue weighted by Crippen LogP contribution is 2.11. The van der Waals surface area contributed by atoms with E-state index in [1.54, 1.807) is 25.8 Å². The summed E-state index contributed by atoms with van der Waals surface area (Å²) in [5.74, 6) is -0.815. The van der Waals surface area contributed by atoms with Gasteiger partial charge in [0.25, 0.3) is 0 Å². The molecule has 0 aliphatic heterocycles. The molecule has 0 heterocycles. The molecule has 0 atom stereocenters. The molecule has 0 aromatic rings. The minimum Gasteiger partial charge on any atom is -0.480 e. The van der Waals surface area contributed by atoms with Crippen LogP contribution >= 0.6 is 0 Å². The summed E-state index contributed by atoms with van der Waals surface area (Å²) in [7, 11) is 1.79. The van der Waals surface area contributed by atoms with Gasteiger partial charge >= 0.3 is 5.97 Å². The maximum atomic E-state index is 10.9. The number of carboxylic acids is 1. The summed E-state index contributed by atoms with van der Waals surface area (Å²) in [6.45, 7) is 8.47. The number of nitrogens with zero attached hydrogens (tertiary/aromatic N) is 1. The molecule has 0 saturated heterocycles. The van der Waals surface area contributed by atoms with E-state index in [4.69, 9.17) is 9.84 Å². The maximum absolute atomic E-state index is 10.9. The van der Waals surface area contributed by atoms with Crippen LogP contribution in [0.3, 0.4) is 0 Å². The average molecular weight is 203 g/mol. The van der Waals surface area contributed by atoms with Crippen molar-refractivity contribution in [2.45, 2.75) is 39.3 Å². The van der Waals surface area contributed by atoms with E-state index in [2.05, 4.69) is 0 Å². The Morgan fingerprint density at radius 1 is 1.50 bits per heavy atom. The molecular formula is C10H21NO3. The van der Waals surface area contributed by atoms with Crippen molar-refractivity contribution in [2.75, 3.05) is 20.2 Å². The van der Waals surface area contributed by atoms with E-state index in [9.17, 15) is 4.79 Å². The van der Waals surface area contributed by atoms with Crippen LogP contribution in [0.25, 0.3) is 0 Å². The number of hydrogen-bond donors (Lipinski definition) is 1. The SMILES string of the molecule is CC(C)OCCN(C)C(C)(C)C(=O)O. The van der Waals surface area contributed by atoms with Crippen LogP contribution in [0.2, 0.25) is 0 Å². The lowest BCUT2D eigenvalue weighted by Crippen LogP contribution is -2.49. The van der Waals surface area contributed by atoms with Gasteiger partial charge in [0.15, 0.2) is 0 Å². The van der Waals surface area contributed by atoms with E-state index in [1.807, 2.05) is 13.8 Å². The van der Waals surface area contributed by atoms with Crippen molar-refractivity contribution in [1.82, 2.24) is 4.90 Å². The predicted molar refractivity (Wildman–Crippen MR) is 55.4 cm³/mol. The highest BCUT2D eigenvalue weighted by atomic mass is 16.5. The van der Waals surface area contributed by atoms with Crippen LogP contribution in [0, 0.1) is 0 Å². The van der Waals surface area contributed by atoms with Gasteiger partial charge in [0.2, 0.25) is 0 Å². The van der Waals surface area contributed by atoms with Gasteiger partial charge in [-0.3, -0.25) is 9.69 Å². The fraction of sp³-hybridized carbons (Fsp3) is 0.900. The van der Waals surface area contributed by atoms with Gasteiger partial charge in [0.05, 0.1) is 12.7 Å². The zero-order valence-corrected chi connectivity index (χ0v) is 9.70. The second-order valence-electron chi connectivity index (χ2n) is 4.21. The van der Waals surface area contributed by atoms with Crippen LogP contribution in [-0.4, -0.2) is 47.8 Å². The van der Waals surface area contributed by atoms with E-state index in [1.165, 1.54) is 0 Å². The van der Waals surface area contributed by atoms with Gasteiger partial charge in [-0.25, -0.2) is 0 Å². The Labute approximate surface area is 85.9 Å². The predicted octanol–water partition coefficient (Wildman–Crippen LogP) is 1.21. The molecule has 84 valence electrons. The van der Waals surface area contributed by atoms with Crippen molar-refractivity contribution in [1.29, 1.82) is 0 Å². The molecule has 0 bridgehead atoms. The zero-order valence-electron chi connectivity index (χ0n) is 9.70. The molecule has 4 nitrogen and oxygen atoms in total. The molecule has 0 aliphatic rings. The maximum Gasteiger partial charge on any atom is 0.323 e. The first kappa shape index (κ1) is 13.4. The van der Waals surface area contributed by atoms with Crippen LogP contribution in [-0.2, 0) is 9.53 Å². The largest absolute Gasteiger partial charge is 0.480 e. The molecule has 0 fully saturated rings. The summed E-state index contributed by atoms with van der Waals surface area (Å²) in [6, 6.07) is 0. The van der Waals surface area contributed by atoms with Gasteiger partial charge in [-0.15, -0.1) is 0 Å². The lowest BCUT2D eigenvalue weighted by atomic mass is 10.0. The molecule has 0 spiro atoms.